The van der Waals surface area contributed by atoms with Gasteiger partial charge in [0, 0.05) is 51.6 Å². The third kappa shape index (κ3) is 18.8. The number of hydrogen-bond acceptors (Lipinski definition) is 12. The lowest BCUT2D eigenvalue weighted by molar-refractivity contribution is -0.816. The minimum Gasteiger partial charge on any atom is -0.508 e. The van der Waals surface area contributed by atoms with Crippen molar-refractivity contribution in [2.45, 2.75) is 59.0 Å². The normalized spacial score (nSPS) is 11.2. The van der Waals surface area contributed by atoms with Gasteiger partial charge in [-0.1, -0.05) is 18.2 Å². The molecule has 13 N–H and O–H groups in total. The van der Waals surface area contributed by atoms with E-state index in [0.29, 0.717) is 35.7 Å². The van der Waals surface area contributed by atoms with Crippen molar-refractivity contribution < 1.29 is 59.7 Å². The molecule has 0 spiro atoms. The van der Waals surface area contributed by atoms with Gasteiger partial charge in [-0.3, -0.25) is 19.6 Å². The summed E-state index contributed by atoms with van der Waals surface area (Å²) in [7, 11) is 0. The first-order valence-corrected chi connectivity index (χ1v) is 18.4. The molecule has 5 rings (SSSR count). The first-order valence-electron chi connectivity index (χ1n) is 18.4. The van der Waals surface area contributed by atoms with Gasteiger partial charge in [-0.15, -0.1) is 0 Å². The molecule has 16 nitrogen and oxygen atoms in total. The molecule has 5 aromatic carbocycles. The van der Waals surface area contributed by atoms with Gasteiger partial charge in [-0.25, -0.2) is 0 Å². The second kappa shape index (κ2) is 23.8. The van der Waals surface area contributed by atoms with Gasteiger partial charge >= 0.3 is 5.97 Å². The number of carbonyl (C=O) groups is 3. The van der Waals surface area contributed by atoms with Crippen molar-refractivity contribution in [1.82, 2.24) is 0 Å². The number of phenolic OH excluding ortho intramolecular Hbond substituents is 5. The van der Waals surface area contributed by atoms with Crippen molar-refractivity contribution in [1.29, 1.82) is 0 Å². The number of hydroxylamine groups is 1. The summed E-state index contributed by atoms with van der Waals surface area (Å²) < 4.78 is 6.99. The molecule has 320 valence electrons. The highest BCUT2D eigenvalue weighted by Crippen LogP contribution is 2.26. The van der Waals surface area contributed by atoms with E-state index >= 15 is 0 Å². The zero-order valence-electron chi connectivity index (χ0n) is 34.0. The summed E-state index contributed by atoms with van der Waals surface area (Å²) in [5, 5.41) is 68.8. The minimum absolute atomic E-state index is 0.0871. The standard InChI is InChI=1S/C19H22N2O3.C9H11NO4.C8H9NO2.C8H11NO2/c1-14(22)20-16-8-10-17(11-9-16)24-18-7-5-6-15(12-18)13-21(23)19(2,3)4;10-6(9(13)14)3-5-1-2-7(11)8(12)4-5;1-6(10)9-7-2-4-8(11)5-3-7;9-4-3-6-1-2-7(10)8(11)5-6/h5-13H,1-4H3,(H-,20,22,23);1-2,4,6,11-12H,3,10H2,(H,13,14);2-5,11H,1H3,(H,9,10);1-2,5,10-11H,3-4,9H2/p+1/b21-13+;;;. The van der Waals surface area contributed by atoms with Crippen molar-refractivity contribution >= 4 is 35.4 Å². The van der Waals surface area contributed by atoms with Crippen LogP contribution in [0.2, 0.25) is 0 Å². The van der Waals surface area contributed by atoms with E-state index in [0.717, 1.165) is 16.8 Å². The van der Waals surface area contributed by atoms with E-state index in [9.17, 15) is 19.6 Å². The van der Waals surface area contributed by atoms with Crippen molar-refractivity contribution in [2.24, 2.45) is 11.5 Å². The first kappa shape index (κ1) is 48.8. The molecule has 0 aromatic heterocycles. The van der Waals surface area contributed by atoms with Gasteiger partial charge in [0.25, 0.3) is 0 Å². The first-order chi connectivity index (χ1) is 28.2. The Morgan fingerprint density at radius 3 is 1.67 bits per heavy atom. The number of phenols is 5. The number of ether oxygens (including phenoxy) is 1. The lowest BCUT2D eigenvalue weighted by Crippen LogP contribution is -2.32. The SMILES string of the molecule is CC(=O)Nc1ccc(O)cc1.CC(=O)Nc1ccc(Oc2cccc(/C=[N+](/O)C(C)(C)C)c2)cc1.NC(Cc1ccc(O)c(O)c1)C(=O)O.NCCc1ccc(O)c(O)c1. The maximum Gasteiger partial charge on any atom is 0.320 e. The monoisotopic (exact) mass is 828 g/mol. The highest BCUT2D eigenvalue weighted by atomic mass is 16.5. The van der Waals surface area contributed by atoms with Crippen molar-refractivity contribution in [2.75, 3.05) is 17.2 Å². The van der Waals surface area contributed by atoms with E-state index in [2.05, 4.69) is 10.6 Å². The maximum atomic E-state index is 11.0. The number of hydrogen-bond donors (Lipinski definition) is 11. The summed E-state index contributed by atoms with van der Waals surface area (Å²) >= 11 is 0. The lowest BCUT2D eigenvalue weighted by atomic mass is 10.1. The van der Waals surface area contributed by atoms with Crippen LogP contribution in [0.4, 0.5) is 11.4 Å². The second-order valence-corrected chi connectivity index (χ2v) is 14.1. The Labute approximate surface area is 348 Å². The molecule has 2 amide bonds. The molecular weight excluding hydrogens is 775 g/mol. The van der Waals surface area contributed by atoms with Crippen LogP contribution in [-0.4, -0.2) is 82.7 Å². The topological polar surface area (TPSA) is 281 Å². The molecule has 0 saturated carbocycles. The summed E-state index contributed by atoms with van der Waals surface area (Å²) in [6, 6.07) is 28.7. The van der Waals surface area contributed by atoms with Gasteiger partial charge in [-0.2, -0.15) is 0 Å². The molecule has 0 bridgehead atoms. The Morgan fingerprint density at radius 2 is 1.20 bits per heavy atom. The lowest BCUT2D eigenvalue weighted by Gasteiger charge is -2.10. The average molecular weight is 829 g/mol. The van der Waals surface area contributed by atoms with Crippen LogP contribution >= 0.6 is 0 Å². The van der Waals surface area contributed by atoms with E-state index in [1.54, 1.807) is 48.7 Å². The third-order valence-corrected chi connectivity index (χ3v) is 7.70. The number of aliphatic carboxylic acids is 1. The summed E-state index contributed by atoms with van der Waals surface area (Å²) in [5.41, 5.74) is 14.0. The van der Waals surface area contributed by atoms with Gasteiger partial charge in [0.1, 0.15) is 23.3 Å². The van der Waals surface area contributed by atoms with Crippen molar-refractivity contribution in [3.05, 3.63) is 126 Å². The quantitative estimate of drug-likeness (QED) is 0.0191. The minimum atomic E-state index is -1.10. The molecule has 0 saturated heterocycles. The van der Waals surface area contributed by atoms with Crippen LogP contribution in [0.15, 0.2) is 109 Å². The van der Waals surface area contributed by atoms with Crippen LogP contribution in [0.25, 0.3) is 0 Å². The summed E-state index contributed by atoms with van der Waals surface area (Å²) in [6.07, 6.45) is 2.49. The number of benzene rings is 5. The Morgan fingerprint density at radius 1 is 0.700 bits per heavy atom. The zero-order valence-corrected chi connectivity index (χ0v) is 34.0. The summed E-state index contributed by atoms with van der Waals surface area (Å²) in [6.45, 7) is 9.20. The highest BCUT2D eigenvalue weighted by Gasteiger charge is 2.24. The number of carboxylic acids is 1. The number of carboxylic acid groups (broad SMARTS) is 1. The van der Waals surface area contributed by atoms with Gasteiger partial charge in [-0.05, 0) is 126 Å². The second-order valence-electron chi connectivity index (χ2n) is 14.1. The smallest absolute Gasteiger partial charge is 0.320 e. The molecule has 0 aliphatic heterocycles. The molecule has 0 aliphatic rings. The number of aromatic hydroxyl groups is 5. The molecule has 60 heavy (non-hydrogen) atoms. The molecule has 0 aliphatic carbocycles. The van der Waals surface area contributed by atoms with E-state index in [1.807, 2.05) is 45.0 Å². The van der Waals surface area contributed by atoms with Crippen LogP contribution in [-0.2, 0) is 27.2 Å². The Kier molecular flexibility index (Phi) is 19.4. The molecule has 16 heteroatoms. The number of nitrogens with two attached hydrogens (primary N) is 2. The molecule has 1 unspecified atom stereocenters. The van der Waals surface area contributed by atoms with Gasteiger partial charge in [0.15, 0.2) is 23.0 Å². The zero-order chi connectivity index (χ0) is 45.0. The molecular formula is C44H54N5O11+. The van der Waals surface area contributed by atoms with E-state index in [4.69, 9.17) is 46.8 Å². The van der Waals surface area contributed by atoms with Crippen molar-refractivity contribution in [3.8, 4) is 40.2 Å². The maximum absolute atomic E-state index is 11.0. The van der Waals surface area contributed by atoms with Crippen LogP contribution in [0, 0.1) is 0 Å². The van der Waals surface area contributed by atoms with Gasteiger partial charge in [0.05, 0.1) is 0 Å². The predicted octanol–water partition coefficient (Wildman–Crippen LogP) is 6.06. The fourth-order valence-corrected chi connectivity index (χ4v) is 4.62. The summed E-state index contributed by atoms with van der Waals surface area (Å²) in [5.74, 6) is -0.498. The molecule has 0 heterocycles. The number of rotatable bonds is 10. The van der Waals surface area contributed by atoms with Gasteiger partial charge < -0.3 is 57.5 Å². The molecule has 5 aromatic rings. The fraction of sp³-hybridized carbons (Fsp3) is 0.227. The van der Waals surface area contributed by atoms with Crippen LogP contribution in [0.1, 0.15) is 51.3 Å². The Hall–Kier alpha value is -7.30. The number of amides is 2. The van der Waals surface area contributed by atoms with Crippen LogP contribution < -0.4 is 26.8 Å². The molecule has 1 atom stereocenters. The Bertz CT molecular complexity index is 2190. The number of anilines is 2. The largest absolute Gasteiger partial charge is 0.508 e. The number of nitrogens with one attached hydrogen (secondary N) is 2. The highest BCUT2D eigenvalue weighted by molar-refractivity contribution is 5.89. The fourth-order valence-electron chi connectivity index (χ4n) is 4.62. The summed E-state index contributed by atoms with van der Waals surface area (Å²) in [4.78, 5) is 32.0. The number of carbonyl (C=O) groups excluding carboxylic acids is 2. The molecule has 0 fully saturated rings. The van der Waals surface area contributed by atoms with E-state index in [1.165, 1.54) is 61.1 Å². The third-order valence-electron chi connectivity index (χ3n) is 7.70. The van der Waals surface area contributed by atoms with E-state index < -0.39 is 12.0 Å². The van der Waals surface area contributed by atoms with Crippen molar-refractivity contribution in [3.63, 3.8) is 0 Å². The van der Waals surface area contributed by atoms with Crippen LogP contribution in [0.5, 0.6) is 40.2 Å². The average Bonchev–Trinajstić information content (AvgIpc) is 3.17. The van der Waals surface area contributed by atoms with Gasteiger partial charge in [0.2, 0.25) is 23.6 Å². The molecule has 0 radical (unpaired) electrons. The van der Waals surface area contributed by atoms with E-state index in [-0.39, 0.29) is 52.5 Å². The van der Waals surface area contributed by atoms with Crippen LogP contribution in [0.3, 0.4) is 0 Å². The Balaban J connectivity index is 0.000000294. The predicted molar refractivity (Wildman–Crippen MR) is 228 cm³/mol. The number of nitrogens with zero attached hydrogens (tertiary/aromatic N) is 1.